The molecule has 0 unspecified atom stereocenters. The van der Waals surface area contributed by atoms with Crippen molar-refractivity contribution in [3.05, 3.63) is 64.8 Å². The SMILES string of the molecule is CC(=O)c1ccc(Oc2nc(-c3cccnc3)nc3sc4c(c23)CCCC4)cc1. The van der Waals surface area contributed by atoms with E-state index < -0.39 is 0 Å². The topological polar surface area (TPSA) is 65.0 Å². The number of aryl methyl sites for hydroxylation is 2. The Labute approximate surface area is 172 Å². The van der Waals surface area contributed by atoms with Crippen LogP contribution in [0.1, 0.15) is 40.6 Å². The molecule has 0 saturated heterocycles. The zero-order valence-electron chi connectivity index (χ0n) is 16.0. The van der Waals surface area contributed by atoms with Crippen LogP contribution in [0.4, 0.5) is 0 Å². The number of hydrogen-bond acceptors (Lipinski definition) is 6. The molecule has 5 rings (SSSR count). The van der Waals surface area contributed by atoms with Crippen LogP contribution in [0.25, 0.3) is 21.6 Å². The van der Waals surface area contributed by atoms with Crippen LogP contribution >= 0.6 is 11.3 Å². The third-order valence-corrected chi connectivity index (χ3v) is 6.36. The molecule has 1 aliphatic rings. The zero-order chi connectivity index (χ0) is 19.8. The van der Waals surface area contributed by atoms with Gasteiger partial charge in [-0.05, 0) is 74.6 Å². The highest BCUT2D eigenvalue weighted by Crippen LogP contribution is 2.41. The Balaban J connectivity index is 1.64. The normalized spacial score (nSPS) is 13.3. The van der Waals surface area contributed by atoms with Crippen LogP contribution in [0, 0.1) is 0 Å². The van der Waals surface area contributed by atoms with Crippen molar-refractivity contribution in [1.29, 1.82) is 0 Å². The molecule has 3 heterocycles. The number of Topliss-reactive ketones (excluding diaryl/α,β-unsaturated/α-hetero) is 1. The summed E-state index contributed by atoms with van der Waals surface area (Å²) in [4.78, 5) is 27.7. The van der Waals surface area contributed by atoms with E-state index in [1.165, 1.54) is 23.3 Å². The molecule has 29 heavy (non-hydrogen) atoms. The predicted octanol–water partition coefficient (Wildman–Crippen LogP) is 5.63. The maximum atomic E-state index is 11.6. The summed E-state index contributed by atoms with van der Waals surface area (Å²) in [6, 6.07) is 11.0. The van der Waals surface area contributed by atoms with E-state index in [1.54, 1.807) is 42.8 Å². The summed E-state index contributed by atoms with van der Waals surface area (Å²) in [5.41, 5.74) is 2.84. The summed E-state index contributed by atoms with van der Waals surface area (Å²) in [6.07, 6.45) is 8.01. The fraction of sp³-hybridized carbons (Fsp3) is 0.217. The third kappa shape index (κ3) is 3.40. The van der Waals surface area contributed by atoms with Crippen LogP contribution in [-0.4, -0.2) is 20.7 Å². The fourth-order valence-corrected chi connectivity index (χ4v) is 4.94. The van der Waals surface area contributed by atoms with Gasteiger partial charge in [0, 0.05) is 28.4 Å². The minimum atomic E-state index is 0.0340. The standard InChI is InChI=1S/C23H19N3O2S/c1-14(27)15-8-10-17(11-9-15)28-22-20-18-6-2-3-7-19(18)29-23(20)26-21(25-22)16-5-4-12-24-13-16/h4-5,8-13H,2-3,6-7H2,1H3. The minimum absolute atomic E-state index is 0.0340. The van der Waals surface area contributed by atoms with Gasteiger partial charge in [0.05, 0.1) is 5.39 Å². The summed E-state index contributed by atoms with van der Waals surface area (Å²) >= 11 is 1.74. The third-order valence-electron chi connectivity index (χ3n) is 5.18. The molecule has 0 N–H and O–H groups in total. The number of carbonyl (C=O) groups excluding carboxylic acids is 1. The van der Waals surface area contributed by atoms with Gasteiger partial charge >= 0.3 is 0 Å². The molecule has 0 amide bonds. The number of rotatable bonds is 4. The molecule has 0 spiro atoms. The van der Waals surface area contributed by atoms with Crippen LogP contribution < -0.4 is 4.74 Å². The van der Waals surface area contributed by atoms with Crippen molar-refractivity contribution in [2.75, 3.05) is 0 Å². The van der Waals surface area contributed by atoms with Gasteiger partial charge in [-0.15, -0.1) is 11.3 Å². The Hall–Kier alpha value is -3.12. The van der Waals surface area contributed by atoms with Crippen molar-refractivity contribution in [3.8, 4) is 23.0 Å². The van der Waals surface area contributed by atoms with Crippen molar-refractivity contribution < 1.29 is 9.53 Å². The molecule has 3 aromatic heterocycles. The number of thiophene rings is 1. The first-order valence-electron chi connectivity index (χ1n) is 9.70. The first kappa shape index (κ1) is 17.9. The molecular weight excluding hydrogens is 382 g/mol. The van der Waals surface area contributed by atoms with Crippen LogP contribution in [0.5, 0.6) is 11.6 Å². The van der Waals surface area contributed by atoms with Gasteiger partial charge in [0.25, 0.3) is 0 Å². The number of ketones is 1. The second kappa shape index (κ2) is 7.37. The first-order valence-corrected chi connectivity index (χ1v) is 10.5. The van der Waals surface area contributed by atoms with E-state index in [0.29, 0.717) is 23.0 Å². The lowest BCUT2D eigenvalue weighted by atomic mass is 9.97. The summed E-state index contributed by atoms with van der Waals surface area (Å²) in [5, 5.41) is 1.02. The highest BCUT2D eigenvalue weighted by atomic mass is 32.1. The molecule has 0 fully saturated rings. The summed E-state index contributed by atoms with van der Waals surface area (Å²) in [7, 11) is 0. The fourth-order valence-electron chi connectivity index (χ4n) is 3.69. The second-order valence-corrected chi connectivity index (χ2v) is 8.25. The summed E-state index contributed by atoms with van der Waals surface area (Å²) in [5.74, 6) is 1.87. The lowest BCUT2D eigenvalue weighted by Crippen LogP contribution is -2.00. The van der Waals surface area contributed by atoms with Crippen LogP contribution in [0.2, 0.25) is 0 Å². The lowest BCUT2D eigenvalue weighted by Gasteiger charge is -2.13. The molecule has 1 aliphatic carbocycles. The average Bonchev–Trinajstić information content (AvgIpc) is 3.13. The number of nitrogens with zero attached hydrogens (tertiary/aromatic N) is 3. The summed E-state index contributed by atoms with van der Waals surface area (Å²) < 4.78 is 6.24. The van der Waals surface area contributed by atoms with Crippen LogP contribution in [0.3, 0.4) is 0 Å². The number of hydrogen-bond donors (Lipinski definition) is 0. The smallest absolute Gasteiger partial charge is 0.231 e. The van der Waals surface area contributed by atoms with Gasteiger partial charge in [-0.25, -0.2) is 4.98 Å². The van der Waals surface area contributed by atoms with Crippen LogP contribution in [0.15, 0.2) is 48.8 Å². The second-order valence-electron chi connectivity index (χ2n) is 7.17. The Morgan fingerprint density at radius 3 is 2.66 bits per heavy atom. The number of ether oxygens (including phenoxy) is 1. The largest absolute Gasteiger partial charge is 0.438 e. The van der Waals surface area contributed by atoms with Crippen molar-refractivity contribution in [2.45, 2.75) is 32.6 Å². The van der Waals surface area contributed by atoms with Gasteiger partial charge in [-0.1, -0.05) is 0 Å². The van der Waals surface area contributed by atoms with Crippen LogP contribution in [-0.2, 0) is 12.8 Å². The van der Waals surface area contributed by atoms with Crippen molar-refractivity contribution in [2.24, 2.45) is 0 Å². The van der Waals surface area contributed by atoms with Gasteiger partial charge in [-0.3, -0.25) is 9.78 Å². The molecule has 0 radical (unpaired) electrons. The number of benzene rings is 1. The van der Waals surface area contributed by atoms with E-state index in [-0.39, 0.29) is 5.78 Å². The molecule has 6 heteroatoms. The number of carbonyl (C=O) groups is 1. The molecule has 4 aromatic rings. The Bertz CT molecular complexity index is 1200. The molecule has 0 bridgehead atoms. The molecule has 0 atom stereocenters. The van der Waals surface area contributed by atoms with E-state index in [9.17, 15) is 4.79 Å². The maximum Gasteiger partial charge on any atom is 0.231 e. The van der Waals surface area contributed by atoms with Gasteiger partial charge in [0.15, 0.2) is 11.6 Å². The number of fused-ring (bicyclic) bond motifs is 3. The Kier molecular flexibility index (Phi) is 4.56. The molecular formula is C23H19N3O2S. The van der Waals surface area contributed by atoms with Gasteiger partial charge in [0.1, 0.15) is 10.6 Å². The molecule has 1 aromatic carbocycles. The van der Waals surface area contributed by atoms with E-state index in [4.69, 9.17) is 14.7 Å². The van der Waals surface area contributed by atoms with Crippen molar-refractivity contribution >= 4 is 27.3 Å². The predicted molar refractivity (Wildman–Crippen MR) is 114 cm³/mol. The van der Waals surface area contributed by atoms with Gasteiger partial charge in [-0.2, -0.15) is 4.98 Å². The summed E-state index contributed by atoms with van der Waals surface area (Å²) in [6.45, 7) is 1.56. The Morgan fingerprint density at radius 2 is 1.90 bits per heavy atom. The van der Waals surface area contributed by atoms with E-state index in [1.807, 2.05) is 24.3 Å². The molecule has 144 valence electrons. The van der Waals surface area contributed by atoms with E-state index >= 15 is 0 Å². The molecule has 0 saturated carbocycles. The minimum Gasteiger partial charge on any atom is -0.438 e. The van der Waals surface area contributed by atoms with Crippen molar-refractivity contribution in [3.63, 3.8) is 0 Å². The lowest BCUT2D eigenvalue weighted by molar-refractivity contribution is 0.101. The highest BCUT2D eigenvalue weighted by Gasteiger charge is 2.23. The molecule has 0 aliphatic heterocycles. The maximum absolute atomic E-state index is 11.6. The monoisotopic (exact) mass is 401 g/mol. The van der Waals surface area contributed by atoms with Crippen molar-refractivity contribution in [1.82, 2.24) is 15.0 Å². The zero-order valence-corrected chi connectivity index (χ0v) is 16.8. The number of aromatic nitrogens is 3. The first-order chi connectivity index (χ1) is 14.2. The van der Waals surface area contributed by atoms with E-state index in [0.717, 1.165) is 28.6 Å². The Morgan fingerprint density at radius 1 is 1.07 bits per heavy atom. The number of pyridine rings is 1. The quantitative estimate of drug-likeness (QED) is 0.415. The average molecular weight is 401 g/mol. The molecule has 5 nitrogen and oxygen atoms in total. The van der Waals surface area contributed by atoms with Gasteiger partial charge < -0.3 is 4.74 Å². The highest BCUT2D eigenvalue weighted by molar-refractivity contribution is 7.18. The van der Waals surface area contributed by atoms with Gasteiger partial charge in [0.2, 0.25) is 5.88 Å². The van der Waals surface area contributed by atoms with E-state index in [2.05, 4.69) is 4.98 Å².